The third-order valence-electron chi connectivity index (χ3n) is 4.38. The third-order valence-corrected chi connectivity index (χ3v) is 4.88. The molecule has 1 saturated heterocycles. The average molecular weight is 404 g/mol. The van der Waals surface area contributed by atoms with E-state index in [1.807, 2.05) is 35.2 Å². The van der Waals surface area contributed by atoms with Crippen LogP contribution >= 0.6 is 15.9 Å². The lowest BCUT2D eigenvalue weighted by Gasteiger charge is -2.32. The second-order valence-corrected chi connectivity index (χ2v) is 6.92. The number of hydrogen-bond acceptors (Lipinski definition) is 4. The largest absolute Gasteiger partial charge is 0.366 e. The zero-order chi connectivity index (χ0) is 17.8. The lowest BCUT2D eigenvalue weighted by Crippen LogP contribution is -2.38. The summed E-state index contributed by atoms with van der Waals surface area (Å²) in [5.41, 5.74) is 1.48. The molecule has 6 nitrogen and oxygen atoms in total. The molecule has 1 aliphatic rings. The monoisotopic (exact) mass is 403 g/mol. The van der Waals surface area contributed by atoms with Crippen LogP contribution in [0.4, 0.5) is 17.1 Å². The van der Waals surface area contributed by atoms with Gasteiger partial charge in [0.05, 0.1) is 4.92 Å². The molecule has 0 unspecified atom stereocenters. The van der Waals surface area contributed by atoms with Gasteiger partial charge in [-0.1, -0.05) is 34.1 Å². The molecule has 25 heavy (non-hydrogen) atoms. The van der Waals surface area contributed by atoms with Gasteiger partial charge < -0.3 is 10.2 Å². The Morgan fingerprint density at radius 1 is 1.16 bits per heavy atom. The van der Waals surface area contributed by atoms with Crippen LogP contribution in [0, 0.1) is 16.0 Å². The first-order chi connectivity index (χ1) is 12.0. The van der Waals surface area contributed by atoms with E-state index in [1.54, 1.807) is 12.1 Å². The number of nitrogens with one attached hydrogen (secondary N) is 1. The van der Waals surface area contributed by atoms with Crippen molar-refractivity contribution in [1.82, 2.24) is 0 Å². The van der Waals surface area contributed by atoms with Gasteiger partial charge in [-0.2, -0.15) is 0 Å². The van der Waals surface area contributed by atoms with E-state index >= 15 is 0 Å². The number of para-hydroxylation sites is 1. The van der Waals surface area contributed by atoms with Crippen LogP contribution in [0.2, 0.25) is 0 Å². The Labute approximate surface area is 154 Å². The van der Waals surface area contributed by atoms with E-state index in [-0.39, 0.29) is 22.4 Å². The van der Waals surface area contributed by atoms with Crippen molar-refractivity contribution in [3.63, 3.8) is 0 Å². The smallest absolute Gasteiger partial charge is 0.293 e. The zero-order valence-corrected chi connectivity index (χ0v) is 15.1. The van der Waals surface area contributed by atoms with Crippen LogP contribution in [0.5, 0.6) is 0 Å². The molecule has 130 valence electrons. The van der Waals surface area contributed by atoms with Gasteiger partial charge in [0.25, 0.3) is 5.69 Å². The predicted molar refractivity (Wildman–Crippen MR) is 101 cm³/mol. The maximum absolute atomic E-state index is 12.4. The second kappa shape index (κ2) is 7.65. The number of carbonyl (C=O) groups excluding carboxylic acids is 1. The fourth-order valence-electron chi connectivity index (χ4n) is 3.06. The van der Waals surface area contributed by atoms with E-state index in [0.717, 1.165) is 5.69 Å². The Morgan fingerprint density at radius 3 is 2.48 bits per heavy atom. The van der Waals surface area contributed by atoms with Gasteiger partial charge in [0.15, 0.2) is 0 Å². The Morgan fingerprint density at radius 2 is 1.84 bits per heavy atom. The molecule has 0 aromatic heterocycles. The van der Waals surface area contributed by atoms with Crippen molar-refractivity contribution in [2.75, 3.05) is 23.3 Å². The SMILES string of the molecule is O=C(Nc1ccccc1)C1CCN(c2ccc(Br)cc2[N+](=O)[O-])CC1. The number of anilines is 2. The minimum Gasteiger partial charge on any atom is -0.366 e. The van der Waals surface area contributed by atoms with E-state index in [9.17, 15) is 14.9 Å². The number of nitrogens with zero attached hydrogens (tertiary/aromatic N) is 2. The van der Waals surface area contributed by atoms with Crippen molar-refractivity contribution in [1.29, 1.82) is 0 Å². The molecule has 3 rings (SSSR count). The number of rotatable bonds is 4. The van der Waals surface area contributed by atoms with Gasteiger partial charge in [-0.15, -0.1) is 0 Å². The van der Waals surface area contributed by atoms with E-state index in [2.05, 4.69) is 21.2 Å². The van der Waals surface area contributed by atoms with Gasteiger partial charge >= 0.3 is 0 Å². The van der Waals surface area contributed by atoms with Gasteiger partial charge in [0, 0.05) is 35.2 Å². The standard InChI is InChI=1S/C18H18BrN3O3/c19-14-6-7-16(17(12-14)22(24)25)21-10-8-13(9-11-21)18(23)20-15-4-2-1-3-5-15/h1-7,12-13H,8-11H2,(H,20,23). The summed E-state index contributed by atoms with van der Waals surface area (Å²) >= 11 is 3.27. The first-order valence-electron chi connectivity index (χ1n) is 8.09. The van der Waals surface area contributed by atoms with Gasteiger partial charge in [0.2, 0.25) is 5.91 Å². The van der Waals surface area contributed by atoms with Crippen LogP contribution in [0.3, 0.4) is 0 Å². The first kappa shape index (κ1) is 17.4. The molecule has 7 heteroatoms. The number of benzene rings is 2. The Balaban J connectivity index is 1.64. The van der Waals surface area contributed by atoms with Crippen LogP contribution in [-0.4, -0.2) is 23.9 Å². The van der Waals surface area contributed by atoms with E-state index < -0.39 is 0 Å². The lowest BCUT2D eigenvalue weighted by molar-refractivity contribution is -0.384. The highest BCUT2D eigenvalue weighted by molar-refractivity contribution is 9.10. The van der Waals surface area contributed by atoms with Gasteiger partial charge in [0.1, 0.15) is 5.69 Å². The number of piperidine rings is 1. The molecule has 2 aromatic carbocycles. The van der Waals surface area contributed by atoms with Gasteiger partial charge in [-0.25, -0.2) is 0 Å². The summed E-state index contributed by atoms with van der Waals surface area (Å²) in [6.07, 6.45) is 1.35. The predicted octanol–water partition coefficient (Wildman–Crippen LogP) is 4.21. The van der Waals surface area contributed by atoms with Crippen LogP contribution in [-0.2, 0) is 4.79 Å². The summed E-state index contributed by atoms with van der Waals surface area (Å²) in [6, 6.07) is 14.5. The number of halogens is 1. The molecule has 2 aromatic rings. The molecular formula is C18H18BrN3O3. The normalized spacial score (nSPS) is 15.0. The number of amides is 1. The van der Waals surface area contributed by atoms with Crippen molar-refractivity contribution in [3.05, 3.63) is 63.1 Å². The number of nitro groups is 1. The topological polar surface area (TPSA) is 75.5 Å². The Hall–Kier alpha value is -2.41. The molecule has 0 bridgehead atoms. The molecular weight excluding hydrogens is 386 g/mol. The van der Waals surface area contributed by atoms with Crippen molar-refractivity contribution in [3.8, 4) is 0 Å². The quantitative estimate of drug-likeness (QED) is 0.612. The van der Waals surface area contributed by atoms with Crippen molar-refractivity contribution < 1.29 is 9.72 Å². The number of hydrogen-bond donors (Lipinski definition) is 1. The highest BCUT2D eigenvalue weighted by Gasteiger charge is 2.28. The third kappa shape index (κ3) is 4.17. The van der Waals surface area contributed by atoms with Crippen LogP contribution < -0.4 is 10.2 Å². The maximum atomic E-state index is 12.4. The summed E-state index contributed by atoms with van der Waals surface area (Å²) in [5, 5.41) is 14.2. The molecule has 1 fully saturated rings. The summed E-state index contributed by atoms with van der Waals surface area (Å²) in [7, 11) is 0. The molecule has 0 spiro atoms. The molecule has 0 aliphatic carbocycles. The van der Waals surface area contributed by atoms with Crippen molar-refractivity contribution >= 4 is 38.9 Å². The first-order valence-corrected chi connectivity index (χ1v) is 8.88. The molecule has 0 radical (unpaired) electrons. The summed E-state index contributed by atoms with van der Waals surface area (Å²) < 4.78 is 0.681. The minimum atomic E-state index is -0.367. The Kier molecular flexibility index (Phi) is 5.33. The summed E-state index contributed by atoms with van der Waals surface area (Å²) in [5.74, 6) is -0.0675. The lowest BCUT2D eigenvalue weighted by atomic mass is 9.95. The molecule has 1 aliphatic heterocycles. The van der Waals surface area contributed by atoms with Gasteiger partial charge in [-0.05, 0) is 37.1 Å². The highest BCUT2D eigenvalue weighted by atomic mass is 79.9. The minimum absolute atomic E-state index is 0.0103. The molecule has 1 heterocycles. The Bertz CT molecular complexity index is 774. The molecule has 0 atom stereocenters. The second-order valence-electron chi connectivity index (χ2n) is 6.01. The fourth-order valence-corrected chi connectivity index (χ4v) is 3.41. The van der Waals surface area contributed by atoms with Crippen LogP contribution in [0.15, 0.2) is 53.0 Å². The van der Waals surface area contributed by atoms with Gasteiger partial charge in [-0.3, -0.25) is 14.9 Å². The van der Waals surface area contributed by atoms with E-state index in [4.69, 9.17) is 0 Å². The number of nitro benzene ring substituents is 1. The van der Waals surface area contributed by atoms with E-state index in [0.29, 0.717) is 36.1 Å². The number of carbonyl (C=O) groups is 1. The average Bonchev–Trinajstić information content (AvgIpc) is 2.62. The summed E-state index contributed by atoms with van der Waals surface area (Å²) in [6.45, 7) is 1.24. The van der Waals surface area contributed by atoms with Crippen LogP contribution in [0.1, 0.15) is 12.8 Å². The summed E-state index contributed by atoms with van der Waals surface area (Å²) in [4.78, 5) is 25.3. The maximum Gasteiger partial charge on any atom is 0.293 e. The molecule has 1 N–H and O–H groups in total. The highest BCUT2D eigenvalue weighted by Crippen LogP contribution is 2.33. The van der Waals surface area contributed by atoms with Crippen LogP contribution in [0.25, 0.3) is 0 Å². The van der Waals surface area contributed by atoms with E-state index in [1.165, 1.54) is 6.07 Å². The van der Waals surface area contributed by atoms with Crippen molar-refractivity contribution in [2.45, 2.75) is 12.8 Å². The zero-order valence-electron chi connectivity index (χ0n) is 13.5. The fraction of sp³-hybridized carbons (Fsp3) is 0.278. The van der Waals surface area contributed by atoms with Crippen molar-refractivity contribution in [2.24, 2.45) is 5.92 Å². The molecule has 1 amide bonds. The molecule has 0 saturated carbocycles.